The topological polar surface area (TPSA) is 92.8 Å². The number of amides is 3. The summed E-state index contributed by atoms with van der Waals surface area (Å²) in [6.07, 6.45) is 8.28. The monoisotopic (exact) mass is 470 g/mol. The number of ether oxygens (including phenoxy) is 1. The summed E-state index contributed by atoms with van der Waals surface area (Å²) in [5.74, 6) is 1.18. The van der Waals surface area contributed by atoms with E-state index >= 15 is 0 Å². The van der Waals surface area contributed by atoms with E-state index in [9.17, 15) is 19.2 Å². The molecule has 33 heavy (non-hydrogen) atoms. The van der Waals surface area contributed by atoms with Crippen molar-refractivity contribution in [3.8, 4) is 0 Å². The van der Waals surface area contributed by atoms with Gasteiger partial charge in [-0.3, -0.25) is 19.3 Å². The molecule has 1 heterocycles. The normalized spacial score (nSPS) is 29.9. The maximum absolute atomic E-state index is 12.8. The van der Waals surface area contributed by atoms with Crippen LogP contribution in [0.1, 0.15) is 61.7 Å². The molecule has 4 aliphatic carbocycles. The largest absolute Gasteiger partial charge is 0.452 e. The first-order valence-corrected chi connectivity index (χ1v) is 12.9. The lowest BCUT2D eigenvalue weighted by molar-refractivity contribution is -0.144. The van der Waals surface area contributed by atoms with E-state index in [0.717, 1.165) is 41.9 Å². The Bertz CT molecular complexity index is 942. The lowest BCUT2D eigenvalue weighted by Crippen LogP contribution is -2.60. The molecule has 0 radical (unpaired) electrons. The Balaban J connectivity index is 1.15. The predicted octanol–water partition coefficient (Wildman–Crippen LogP) is 3.17. The van der Waals surface area contributed by atoms with Gasteiger partial charge in [0.15, 0.2) is 6.61 Å². The zero-order chi connectivity index (χ0) is 23.0. The van der Waals surface area contributed by atoms with Gasteiger partial charge in [-0.15, -0.1) is 11.8 Å². The quantitative estimate of drug-likeness (QED) is 0.486. The highest BCUT2D eigenvalue weighted by molar-refractivity contribution is 8.00. The molecular formula is C25H30N2O5S. The van der Waals surface area contributed by atoms with E-state index in [1.165, 1.54) is 31.0 Å². The fourth-order valence-corrected chi connectivity index (χ4v) is 7.54. The minimum Gasteiger partial charge on any atom is -0.452 e. The van der Waals surface area contributed by atoms with Crippen LogP contribution in [-0.2, 0) is 19.1 Å². The highest BCUT2D eigenvalue weighted by Gasteiger charge is 2.51. The van der Waals surface area contributed by atoms with Gasteiger partial charge < -0.3 is 10.1 Å². The van der Waals surface area contributed by atoms with Gasteiger partial charge in [0, 0.05) is 23.4 Å². The highest BCUT2D eigenvalue weighted by atomic mass is 32.2. The average molecular weight is 471 g/mol. The molecule has 1 N–H and O–H groups in total. The van der Waals surface area contributed by atoms with Crippen LogP contribution in [0.4, 0.5) is 0 Å². The molecule has 0 spiro atoms. The van der Waals surface area contributed by atoms with Gasteiger partial charge in [0.25, 0.3) is 5.91 Å². The smallest absolute Gasteiger partial charge is 0.339 e. The molecule has 0 aromatic heterocycles. The van der Waals surface area contributed by atoms with Crippen LogP contribution in [0.15, 0.2) is 29.2 Å². The minimum absolute atomic E-state index is 0.00726. The van der Waals surface area contributed by atoms with Gasteiger partial charge >= 0.3 is 5.97 Å². The summed E-state index contributed by atoms with van der Waals surface area (Å²) in [6, 6.07) is 6.95. The molecule has 176 valence electrons. The Morgan fingerprint density at radius 2 is 1.73 bits per heavy atom. The number of esters is 1. The van der Waals surface area contributed by atoms with Crippen LogP contribution in [0.3, 0.4) is 0 Å². The molecule has 1 aromatic rings. The summed E-state index contributed by atoms with van der Waals surface area (Å²) in [7, 11) is 0. The molecule has 1 aliphatic heterocycles. The first-order chi connectivity index (χ1) is 15.9. The zero-order valence-corrected chi connectivity index (χ0v) is 19.5. The number of likely N-dealkylation sites (tertiary alicyclic amines) is 1. The second kappa shape index (κ2) is 9.12. The van der Waals surface area contributed by atoms with Gasteiger partial charge in [0.05, 0.1) is 11.3 Å². The number of benzene rings is 1. The predicted molar refractivity (Wildman–Crippen MR) is 122 cm³/mol. The molecule has 7 nitrogen and oxygen atoms in total. The summed E-state index contributed by atoms with van der Waals surface area (Å²) in [4.78, 5) is 51.1. The molecule has 1 aromatic carbocycles. The Labute approximate surface area is 198 Å². The third kappa shape index (κ3) is 4.81. The molecule has 6 rings (SSSR count). The number of hydrogen-bond acceptors (Lipinski definition) is 6. The SMILES string of the molecule is O=C(CSc1ccccc1C(=O)OCC(=O)N1CCCC1=O)NC12CC3CC(CC(C3)C1)C2. The molecule has 5 aliphatic rings. The summed E-state index contributed by atoms with van der Waals surface area (Å²) in [5.41, 5.74) is 0.295. The van der Waals surface area contributed by atoms with Gasteiger partial charge in [0.1, 0.15) is 0 Å². The number of carbonyl (C=O) groups is 4. The Hall–Kier alpha value is -2.35. The third-order valence-electron chi connectivity index (χ3n) is 7.61. The van der Waals surface area contributed by atoms with E-state index in [4.69, 9.17) is 4.74 Å². The highest BCUT2D eigenvalue weighted by Crippen LogP contribution is 2.55. The lowest BCUT2D eigenvalue weighted by atomic mass is 9.53. The van der Waals surface area contributed by atoms with E-state index in [1.54, 1.807) is 18.2 Å². The summed E-state index contributed by atoms with van der Waals surface area (Å²) < 4.78 is 5.19. The second-order valence-electron chi connectivity index (χ2n) is 10.1. The molecule has 5 fully saturated rings. The van der Waals surface area contributed by atoms with Crippen LogP contribution in [0.2, 0.25) is 0 Å². The summed E-state index contributed by atoms with van der Waals surface area (Å²) >= 11 is 1.31. The van der Waals surface area contributed by atoms with Gasteiger partial charge in [0.2, 0.25) is 11.8 Å². The van der Waals surface area contributed by atoms with Gasteiger partial charge in [-0.2, -0.15) is 0 Å². The van der Waals surface area contributed by atoms with Crippen LogP contribution in [-0.4, -0.2) is 53.0 Å². The van der Waals surface area contributed by atoms with Crippen LogP contribution in [0.5, 0.6) is 0 Å². The molecule has 0 atom stereocenters. The van der Waals surface area contributed by atoms with E-state index in [-0.39, 0.29) is 23.1 Å². The molecule has 4 bridgehead atoms. The van der Waals surface area contributed by atoms with E-state index in [0.29, 0.717) is 29.8 Å². The molecule has 0 unspecified atom stereocenters. The maximum atomic E-state index is 12.8. The van der Waals surface area contributed by atoms with Crippen LogP contribution < -0.4 is 5.32 Å². The van der Waals surface area contributed by atoms with E-state index in [2.05, 4.69) is 5.32 Å². The number of nitrogens with zero attached hydrogens (tertiary/aromatic N) is 1. The number of rotatable bonds is 7. The van der Waals surface area contributed by atoms with Gasteiger partial charge in [-0.1, -0.05) is 12.1 Å². The first kappa shape index (κ1) is 22.4. The van der Waals surface area contributed by atoms with Crippen molar-refractivity contribution in [1.29, 1.82) is 0 Å². The van der Waals surface area contributed by atoms with E-state index in [1.807, 2.05) is 6.07 Å². The van der Waals surface area contributed by atoms with Crippen molar-refractivity contribution in [1.82, 2.24) is 10.2 Å². The third-order valence-corrected chi connectivity index (χ3v) is 8.68. The fraction of sp³-hybridized carbons (Fsp3) is 0.600. The fourth-order valence-electron chi connectivity index (χ4n) is 6.69. The van der Waals surface area contributed by atoms with Crippen molar-refractivity contribution in [2.45, 2.75) is 61.8 Å². The molecule has 3 amide bonds. The lowest BCUT2D eigenvalue weighted by Gasteiger charge is -2.56. The molecule has 1 saturated heterocycles. The van der Waals surface area contributed by atoms with Crippen LogP contribution >= 0.6 is 11.8 Å². The van der Waals surface area contributed by atoms with Crippen molar-refractivity contribution >= 4 is 35.5 Å². The zero-order valence-electron chi connectivity index (χ0n) is 18.7. The standard InChI is InChI=1S/C25H30N2O5S/c28-21(26-25-11-16-8-17(12-25)10-18(9-16)13-25)15-33-20-5-2-1-4-19(20)24(31)32-14-23(30)27-7-3-6-22(27)29/h1-2,4-5,16-18H,3,6-15H2,(H,26,28). The van der Waals surface area contributed by atoms with Gasteiger partial charge in [-0.05, 0) is 74.8 Å². The van der Waals surface area contributed by atoms with Crippen LogP contribution in [0.25, 0.3) is 0 Å². The number of nitrogens with one attached hydrogen (secondary N) is 1. The number of hydrogen-bond donors (Lipinski definition) is 1. The first-order valence-electron chi connectivity index (χ1n) is 11.9. The molecule has 8 heteroatoms. The van der Waals surface area contributed by atoms with Crippen molar-refractivity contribution < 1.29 is 23.9 Å². The summed E-state index contributed by atoms with van der Waals surface area (Å²) in [5, 5.41) is 3.36. The Morgan fingerprint density at radius 1 is 1.06 bits per heavy atom. The van der Waals surface area contributed by atoms with Crippen molar-refractivity contribution in [3.63, 3.8) is 0 Å². The Morgan fingerprint density at radius 3 is 2.36 bits per heavy atom. The molecule has 4 saturated carbocycles. The number of carbonyl (C=O) groups excluding carboxylic acids is 4. The van der Waals surface area contributed by atoms with E-state index < -0.39 is 18.5 Å². The number of thioether (sulfide) groups is 1. The average Bonchev–Trinajstić information content (AvgIpc) is 3.20. The molecular weight excluding hydrogens is 440 g/mol. The maximum Gasteiger partial charge on any atom is 0.339 e. The minimum atomic E-state index is -0.625. The van der Waals surface area contributed by atoms with Crippen molar-refractivity contribution in [3.05, 3.63) is 29.8 Å². The second-order valence-corrected chi connectivity index (χ2v) is 11.2. The van der Waals surface area contributed by atoms with Gasteiger partial charge in [-0.25, -0.2) is 4.79 Å². The van der Waals surface area contributed by atoms with Crippen molar-refractivity contribution in [2.24, 2.45) is 17.8 Å². The Kier molecular flexibility index (Phi) is 6.20. The van der Waals surface area contributed by atoms with Crippen molar-refractivity contribution in [2.75, 3.05) is 18.9 Å². The van der Waals surface area contributed by atoms with Crippen LogP contribution in [0, 0.1) is 17.8 Å². The summed E-state index contributed by atoms with van der Waals surface area (Å²) in [6.45, 7) is -0.0867. The number of imide groups is 1.